The van der Waals surface area contributed by atoms with Gasteiger partial charge in [0, 0.05) is 0 Å². The van der Waals surface area contributed by atoms with Crippen LogP contribution in [-0.4, -0.2) is 11.6 Å². The van der Waals surface area contributed by atoms with E-state index in [1.165, 1.54) is 0 Å². The van der Waals surface area contributed by atoms with Crippen LogP contribution in [0.1, 0.15) is 26.7 Å². The van der Waals surface area contributed by atoms with Crippen molar-refractivity contribution in [2.75, 3.05) is 0 Å². The van der Waals surface area contributed by atoms with Gasteiger partial charge in [0.15, 0.2) is 0 Å². The third-order valence-electron chi connectivity index (χ3n) is 1.56. The summed E-state index contributed by atoms with van der Waals surface area (Å²) in [6.45, 7) is 3.28. The molecule has 0 aliphatic rings. The van der Waals surface area contributed by atoms with E-state index in [0.29, 0.717) is 11.6 Å². The van der Waals surface area contributed by atoms with Gasteiger partial charge in [0.1, 0.15) is 0 Å². The second kappa shape index (κ2) is 6.95. The maximum atomic E-state index is 10.5. The summed E-state index contributed by atoms with van der Waals surface area (Å²) in [5, 5.41) is 0. The maximum absolute atomic E-state index is 10.5. The van der Waals surface area contributed by atoms with Crippen LogP contribution in [0.2, 0.25) is 7.86 Å². The van der Waals surface area contributed by atoms with Crippen LogP contribution in [0, 0.1) is 0 Å². The standard InChI is InChI=1S/2C4H7O.Hg/c2*1-3-4(2)5;/h2*1,3H2,2H3;. The molecule has 0 saturated carbocycles. The summed E-state index contributed by atoms with van der Waals surface area (Å²) in [5.74, 6) is 0.598. The fraction of sp³-hybridized carbons (Fsp3) is 0.750. The molecular weight excluding hydrogens is 329 g/mol. The fourth-order valence-electron chi connectivity index (χ4n) is 0.925. The molecule has 0 spiro atoms. The number of ketones is 2. The molecule has 0 aliphatic carbocycles. The van der Waals surface area contributed by atoms with E-state index in [2.05, 4.69) is 0 Å². The molecular formula is C8H14HgO2. The van der Waals surface area contributed by atoms with Crippen molar-refractivity contribution in [3.8, 4) is 0 Å². The Kier molecular flexibility index (Phi) is 7.13. The second-order valence-electron chi connectivity index (χ2n) is 2.96. The third kappa shape index (κ3) is 10.3. The Bertz CT molecular complexity index is 127. The molecule has 11 heavy (non-hydrogen) atoms. The number of Topliss-reactive ketones (excluding diaryl/α,β-unsaturated/α-hetero) is 2. The van der Waals surface area contributed by atoms with Crippen LogP contribution in [0.5, 0.6) is 0 Å². The Balaban J connectivity index is 3.03. The molecule has 0 fully saturated rings. The molecule has 0 rings (SSSR count). The molecule has 0 aromatic rings. The fourth-order valence-corrected chi connectivity index (χ4v) is 8.11. The van der Waals surface area contributed by atoms with Gasteiger partial charge in [0.05, 0.1) is 0 Å². The predicted molar refractivity (Wildman–Crippen MR) is 40.2 cm³/mol. The van der Waals surface area contributed by atoms with Crippen molar-refractivity contribution >= 4 is 11.6 Å². The Labute approximate surface area is 80.2 Å². The van der Waals surface area contributed by atoms with Crippen LogP contribution in [-0.2, 0) is 34.2 Å². The minimum atomic E-state index is -0.785. The van der Waals surface area contributed by atoms with Gasteiger partial charge in [0.25, 0.3) is 0 Å². The summed E-state index contributed by atoms with van der Waals surface area (Å²) in [4.78, 5) is 21.0. The first kappa shape index (κ1) is 11.3. The van der Waals surface area contributed by atoms with Crippen LogP contribution in [0.25, 0.3) is 0 Å². The molecule has 0 unspecified atom stereocenters. The van der Waals surface area contributed by atoms with Gasteiger partial charge in [-0.2, -0.15) is 0 Å². The Hall–Kier alpha value is 0.275. The van der Waals surface area contributed by atoms with Crippen molar-refractivity contribution in [1.82, 2.24) is 0 Å². The van der Waals surface area contributed by atoms with Crippen LogP contribution in [0.4, 0.5) is 0 Å². The van der Waals surface area contributed by atoms with Crippen molar-refractivity contribution in [3.63, 3.8) is 0 Å². The summed E-state index contributed by atoms with van der Waals surface area (Å²) in [6, 6.07) is 0. The monoisotopic (exact) mass is 344 g/mol. The summed E-state index contributed by atoms with van der Waals surface area (Å²) < 4.78 is 2.31. The SMILES string of the molecule is CC(=O)C[CH2][Hg][CH2]CC(C)=O. The van der Waals surface area contributed by atoms with E-state index in [0.717, 1.165) is 20.7 Å². The number of carbonyl (C=O) groups is 2. The summed E-state index contributed by atoms with van der Waals surface area (Å²) in [6.07, 6.45) is 1.53. The van der Waals surface area contributed by atoms with Crippen LogP contribution < -0.4 is 0 Å². The minimum absolute atomic E-state index is 0.299. The quantitative estimate of drug-likeness (QED) is 0.545. The number of hydrogen-bond donors (Lipinski definition) is 0. The van der Waals surface area contributed by atoms with E-state index in [1.54, 1.807) is 13.8 Å². The molecule has 0 atom stereocenters. The zero-order valence-electron chi connectivity index (χ0n) is 7.35. The van der Waals surface area contributed by atoms with Gasteiger partial charge >= 0.3 is 80.3 Å². The summed E-state index contributed by atoms with van der Waals surface area (Å²) >= 11 is -0.785. The molecule has 0 aromatic carbocycles. The topological polar surface area (TPSA) is 34.1 Å². The zero-order chi connectivity index (χ0) is 8.69. The molecule has 0 N–H and O–H groups in total. The van der Waals surface area contributed by atoms with Gasteiger partial charge < -0.3 is 0 Å². The Morgan fingerprint density at radius 3 is 1.64 bits per heavy atom. The average molecular weight is 343 g/mol. The number of rotatable bonds is 6. The first-order valence-corrected chi connectivity index (χ1v) is 11.9. The van der Waals surface area contributed by atoms with Gasteiger partial charge in [-0.3, -0.25) is 0 Å². The molecule has 0 saturated heterocycles. The van der Waals surface area contributed by atoms with Crippen molar-refractivity contribution < 1.29 is 34.2 Å². The molecule has 60 valence electrons. The second-order valence-corrected chi connectivity index (χ2v) is 11.2. The van der Waals surface area contributed by atoms with E-state index in [-0.39, 0.29) is 0 Å². The van der Waals surface area contributed by atoms with E-state index in [1.807, 2.05) is 0 Å². The number of hydrogen-bond acceptors (Lipinski definition) is 2. The molecule has 0 heterocycles. The Morgan fingerprint density at radius 1 is 1.00 bits per heavy atom. The summed E-state index contributed by atoms with van der Waals surface area (Å²) in [5.41, 5.74) is 0. The summed E-state index contributed by atoms with van der Waals surface area (Å²) in [7, 11) is 0. The van der Waals surface area contributed by atoms with Crippen LogP contribution >= 0.6 is 0 Å². The van der Waals surface area contributed by atoms with Crippen LogP contribution in [0.15, 0.2) is 0 Å². The molecule has 0 aliphatic heterocycles. The van der Waals surface area contributed by atoms with Gasteiger partial charge in [-0.15, -0.1) is 0 Å². The van der Waals surface area contributed by atoms with E-state index in [4.69, 9.17) is 0 Å². The van der Waals surface area contributed by atoms with E-state index in [9.17, 15) is 9.59 Å². The van der Waals surface area contributed by atoms with E-state index >= 15 is 0 Å². The van der Waals surface area contributed by atoms with Gasteiger partial charge in [-0.25, -0.2) is 0 Å². The van der Waals surface area contributed by atoms with Gasteiger partial charge in [-0.05, 0) is 0 Å². The number of carbonyl (C=O) groups excluding carboxylic acids is 2. The van der Waals surface area contributed by atoms with Gasteiger partial charge in [-0.1, -0.05) is 0 Å². The predicted octanol–water partition coefficient (Wildman–Crippen LogP) is 1.86. The average Bonchev–Trinajstić information content (AvgIpc) is 1.85. The van der Waals surface area contributed by atoms with Gasteiger partial charge in [0.2, 0.25) is 0 Å². The Morgan fingerprint density at radius 2 is 1.36 bits per heavy atom. The zero-order valence-corrected chi connectivity index (χ0v) is 12.8. The van der Waals surface area contributed by atoms with Crippen molar-refractivity contribution in [2.24, 2.45) is 0 Å². The molecule has 0 amide bonds. The van der Waals surface area contributed by atoms with Crippen molar-refractivity contribution in [1.29, 1.82) is 0 Å². The molecule has 0 aromatic heterocycles. The molecule has 0 bridgehead atoms. The van der Waals surface area contributed by atoms with Crippen LogP contribution in [0.3, 0.4) is 0 Å². The van der Waals surface area contributed by atoms with Crippen molar-refractivity contribution in [3.05, 3.63) is 0 Å². The first-order valence-electron chi connectivity index (χ1n) is 4.12. The molecule has 2 nitrogen and oxygen atoms in total. The molecule has 3 heteroatoms. The van der Waals surface area contributed by atoms with E-state index < -0.39 is 24.6 Å². The normalized spacial score (nSPS) is 8.91. The molecule has 0 radical (unpaired) electrons. The first-order chi connectivity index (χ1) is 5.13. The third-order valence-corrected chi connectivity index (χ3v) is 8.19. The van der Waals surface area contributed by atoms with Crippen molar-refractivity contribution in [2.45, 2.75) is 34.5 Å².